The lowest BCUT2D eigenvalue weighted by molar-refractivity contribution is 0.0963. The standard InChI is InChI=1S/C23H32N4O2.HI/c1-5-25-23(27-14-12-19-10-9-17(2)21(16-19)29-4)26-13-11-18-7-6-8-20(15-18)22(28)24-3;/h6-10,15-16H,5,11-14H2,1-4H3,(H,24,28)(H2,25,26,27);1H. The van der Waals surface area contributed by atoms with Crippen molar-refractivity contribution in [2.24, 2.45) is 4.99 Å². The lowest BCUT2D eigenvalue weighted by Crippen LogP contribution is -2.38. The highest BCUT2D eigenvalue weighted by molar-refractivity contribution is 14.0. The van der Waals surface area contributed by atoms with Crippen LogP contribution in [-0.2, 0) is 12.8 Å². The van der Waals surface area contributed by atoms with Gasteiger partial charge in [-0.25, -0.2) is 0 Å². The number of carbonyl (C=O) groups excluding carboxylic acids is 1. The third-order valence-electron chi connectivity index (χ3n) is 4.61. The second kappa shape index (κ2) is 13.8. The molecular formula is C23H33IN4O2. The fraction of sp³-hybridized carbons (Fsp3) is 0.391. The van der Waals surface area contributed by atoms with Crippen LogP contribution >= 0.6 is 24.0 Å². The van der Waals surface area contributed by atoms with Crippen LogP contribution < -0.4 is 20.7 Å². The largest absolute Gasteiger partial charge is 0.496 e. The lowest BCUT2D eigenvalue weighted by Gasteiger charge is -2.12. The molecule has 0 fully saturated rings. The van der Waals surface area contributed by atoms with Crippen LogP contribution in [0, 0.1) is 6.92 Å². The van der Waals surface area contributed by atoms with Crippen molar-refractivity contribution >= 4 is 35.8 Å². The van der Waals surface area contributed by atoms with Crippen LogP contribution in [0.1, 0.15) is 34.0 Å². The number of nitrogens with one attached hydrogen (secondary N) is 3. The van der Waals surface area contributed by atoms with E-state index in [-0.39, 0.29) is 29.9 Å². The van der Waals surface area contributed by atoms with Gasteiger partial charge in [-0.3, -0.25) is 9.79 Å². The molecule has 30 heavy (non-hydrogen) atoms. The first-order valence-corrected chi connectivity index (χ1v) is 10.0. The average Bonchev–Trinajstić information content (AvgIpc) is 2.74. The Hall–Kier alpha value is -2.29. The van der Waals surface area contributed by atoms with Gasteiger partial charge in [-0.15, -0.1) is 24.0 Å². The number of hydrogen-bond acceptors (Lipinski definition) is 3. The predicted molar refractivity (Wildman–Crippen MR) is 134 cm³/mol. The number of ether oxygens (including phenoxy) is 1. The monoisotopic (exact) mass is 524 g/mol. The zero-order valence-electron chi connectivity index (χ0n) is 18.2. The normalized spacial score (nSPS) is 10.7. The predicted octanol–water partition coefficient (Wildman–Crippen LogP) is 3.32. The van der Waals surface area contributed by atoms with E-state index in [2.05, 4.69) is 46.1 Å². The van der Waals surface area contributed by atoms with Crippen molar-refractivity contribution in [2.75, 3.05) is 33.8 Å². The number of carbonyl (C=O) groups is 1. The molecular weight excluding hydrogens is 491 g/mol. The first kappa shape index (κ1) is 25.7. The molecule has 2 aromatic rings. The number of halogens is 1. The molecule has 0 radical (unpaired) electrons. The van der Waals surface area contributed by atoms with Crippen LogP contribution in [0.3, 0.4) is 0 Å². The van der Waals surface area contributed by atoms with Crippen molar-refractivity contribution in [1.29, 1.82) is 0 Å². The molecule has 0 saturated heterocycles. The number of hydrogen-bond donors (Lipinski definition) is 3. The molecule has 164 valence electrons. The van der Waals surface area contributed by atoms with Gasteiger partial charge in [-0.2, -0.15) is 0 Å². The number of rotatable bonds is 9. The van der Waals surface area contributed by atoms with E-state index in [1.807, 2.05) is 31.2 Å². The van der Waals surface area contributed by atoms with E-state index in [4.69, 9.17) is 4.74 Å². The quantitative estimate of drug-likeness (QED) is 0.268. The van der Waals surface area contributed by atoms with Crippen molar-refractivity contribution in [1.82, 2.24) is 16.0 Å². The van der Waals surface area contributed by atoms with Gasteiger partial charge in [0.05, 0.1) is 7.11 Å². The number of guanidine groups is 1. The van der Waals surface area contributed by atoms with E-state index in [1.54, 1.807) is 14.2 Å². The molecule has 6 nitrogen and oxygen atoms in total. The van der Waals surface area contributed by atoms with Crippen LogP contribution in [0.2, 0.25) is 0 Å². The number of nitrogens with zero attached hydrogens (tertiary/aromatic N) is 1. The van der Waals surface area contributed by atoms with Crippen LogP contribution in [0.25, 0.3) is 0 Å². The van der Waals surface area contributed by atoms with E-state index in [0.29, 0.717) is 12.1 Å². The van der Waals surface area contributed by atoms with E-state index in [1.165, 1.54) is 5.56 Å². The molecule has 0 atom stereocenters. The summed E-state index contributed by atoms with van der Waals surface area (Å²) in [4.78, 5) is 16.4. The van der Waals surface area contributed by atoms with Crippen LogP contribution in [0.15, 0.2) is 47.5 Å². The SMILES string of the molecule is CCNC(=NCCc1ccc(C)c(OC)c1)NCCc1cccc(C(=O)NC)c1.I. The zero-order chi connectivity index (χ0) is 21.1. The van der Waals surface area contributed by atoms with Gasteiger partial charge in [0.2, 0.25) is 0 Å². The van der Waals surface area contributed by atoms with Crippen molar-refractivity contribution in [3.05, 3.63) is 64.7 Å². The van der Waals surface area contributed by atoms with Crippen molar-refractivity contribution in [3.63, 3.8) is 0 Å². The Morgan fingerprint density at radius 2 is 1.83 bits per heavy atom. The Bertz CT molecular complexity index is 840. The van der Waals surface area contributed by atoms with Gasteiger partial charge in [-0.1, -0.05) is 24.3 Å². The topological polar surface area (TPSA) is 74.8 Å². The summed E-state index contributed by atoms with van der Waals surface area (Å²) in [5.74, 6) is 1.65. The summed E-state index contributed by atoms with van der Waals surface area (Å²) in [5.41, 5.74) is 4.13. The minimum Gasteiger partial charge on any atom is -0.496 e. The van der Waals surface area contributed by atoms with Crippen molar-refractivity contribution < 1.29 is 9.53 Å². The molecule has 0 unspecified atom stereocenters. The van der Waals surface area contributed by atoms with Crippen molar-refractivity contribution in [2.45, 2.75) is 26.7 Å². The summed E-state index contributed by atoms with van der Waals surface area (Å²) in [6, 6.07) is 14.0. The van der Waals surface area contributed by atoms with Gasteiger partial charge in [0, 0.05) is 32.2 Å². The van der Waals surface area contributed by atoms with Gasteiger partial charge in [0.1, 0.15) is 5.75 Å². The molecule has 7 heteroatoms. The smallest absolute Gasteiger partial charge is 0.251 e. The molecule has 1 amide bonds. The molecule has 2 rings (SSSR count). The number of amides is 1. The third-order valence-corrected chi connectivity index (χ3v) is 4.61. The molecule has 3 N–H and O–H groups in total. The Balaban J connectivity index is 0.00000450. The maximum Gasteiger partial charge on any atom is 0.251 e. The minimum absolute atomic E-state index is 0. The van der Waals surface area contributed by atoms with Gasteiger partial charge in [0.15, 0.2) is 5.96 Å². The first-order valence-electron chi connectivity index (χ1n) is 10.0. The summed E-state index contributed by atoms with van der Waals surface area (Å²) in [5, 5.41) is 9.29. The Kier molecular flexibility index (Phi) is 11.9. The summed E-state index contributed by atoms with van der Waals surface area (Å²) in [7, 11) is 3.34. The maximum atomic E-state index is 11.8. The average molecular weight is 524 g/mol. The Morgan fingerprint density at radius 1 is 1.07 bits per heavy atom. The molecule has 0 aliphatic carbocycles. The first-order chi connectivity index (χ1) is 14.1. The second-order valence-corrected chi connectivity index (χ2v) is 6.77. The fourth-order valence-electron chi connectivity index (χ4n) is 3.00. The van der Waals surface area contributed by atoms with Gasteiger partial charge >= 0.3 is 0 Å². The van der Waals surface area contributed by atoms with Gasteiger partial charge < -0.3 is 20.7 Å². The van der Waals surface area contributed by atoms with Crippen LogP contribution in [0.5, 0.6) is 5.75 Å². The van der Waals surface area contributed by atoms with E-state index < -0.39 is 0 Å². The summed E-state index contributed by atoms with van der Waals surface area (Å²) < 4.78 is 5.39. The zero-order valence-corrected chi connectivity index (χ0v) is 20.6. The molecule has 0 bridgehead atoms. The Labute approximate surface area is 196 Å². The third kappa shape index (κ3) is 8.22. The molecule has 0 aliphatic rings. The number of benzene rings is 2. The molecule has 0 saturated carbocycles. The number of methoxy groups -OCH3 is 1. The van der Waals surface area contributed by atoms with E-state index in [0.717, 1.165) is 48.8 Å². The highest BCUT2D eigenvalue weighted by Gasteiger charge is 2.04. The molecule has 0 spiro atoms. The fourth-order valence-corrected chi connectivity index (χ4v) is 3.00. The van der Waals surface area contributed by atoms with E-state index in [9.17, 15) is 4.79 Å². The number of aliphatic imine (C=N–C) groups is 1. The molecule has 0 heterocycles. The van der Waals surface area contributed by atoms with Crippen molar-refractivity contribution in [3.8, 4) is 5.75 Å². The molecule has 0 aliphatic heterocycles. The summed E-state index contributed by atoms with van der Waals surface area (Å²) in [6.07, 6.45) is 1.66. The molecule has 0 aromatic heterocycles. The van der Waals surface area contributed by atoms with Gasteiger partial charge in [0.25, 0.3) is 5.91 Å². The Morgan fingerprint density at radius 3 is 2.53 bits per heavy atom. The summed E-state index contributed by atoms with van der Waals surface area (Å²) in [6.45, 7) is 6.32. The minimum atomic E-state index is -0.0672. The van der Waals surface area contributed by atoms with E-state index >= 15 is 0 Å². The molecule has 2 aromatic carbocycles. The highest BCUT2D eigenvalue weighted by Crippen LogP contribution is 2.19. The summed E-state index contributed by atoms with van der Waals surface area (Å²) >= 11 is 0. The number of aryl methyl sites for hydroxylation is 1. The van der Waals surface area contributed by atoms with Gasteiger partial charge in [-0.05, 0) is 61.6 Å². The van der Waals surface area contributed by atoms with Crippen LogP contribution in [0.4, 0.5) is 0 Å². The maximum absolute atomic E-state index is 11.8. The lowest BCUT2D eigenvalue weighted by atomic mass is 10.1. The second-order valence-electron chi connectivity index (χ2n) is 6.77. The highest BCUT2D eigenvalue weighted by atomic mass is 127. The van der Waals surface area contributed by atoms with Crippen LogP contribution in [-0.4, -0.2) is 45.7 Å².